The van der Waals surface area contributed by atoms with Crippen molar-refractivity contribution >= 4 is 17.5 Å². The highest BCUT2D eigenvalue weighted by atomic mass is 35.5. The molecule has 8 heteroatoms. The summed E-state index contributed by atoms with van der Waals surface area (Å²) in [5.74, 6) is 1.57. The van der Waals surface area contributed by atoms with E-state index in [2.05, 4.69) is 31.0 Å². The maximum absolute atomic E-state index is 13.4. The number of unbranched alkanes of at least 4 members (excludes halogenated alkanes) is 1. The van der Waals surface area contributed by atoms with Gasteiger partial charge in [-0.05, 0) is 48.2 Å². The van der Waals surface area contributed by atoms with Crippen LogP contribution in [0.25, 0.3) is 11.3 Å². The highest BCUT2D eigenvalue weighted by Gasteiger charge is 2.42. The number of fused-ring (bicyclic) bond motifs is 1. The second kappa shape index (κ2) is 9.97. The van der Waals surface area contributed by atoms with E-state index in [1.807, 2.05) is 23.1 Å². The van der Waals surface area contributed by atoms with Crippen LogP contribution in [0, 0.1) is 5.92 Å². The van der Waals surface area contributed by atoms with Gasteiger partial charge in [-0.3, -0.25) is 9.89 Å². The van der Waals surface area contributed by atoms with Gasteiger partial charge < -0.3 is 19.5 Å². The van der Waals surface area contributed by atoms with Crippen molar-refractivity contribution in [1.82, 2.24) is 15.1 Å². The third-order valence-corrected chi connectivity index (χ3v) is 6.14. The van der Waals surface area contributed by atoms with E-state index in [9.17, 15) is 9.90 Å². The molecule has 0 saturated carbocycles. The lowest BCUT2D eigenvalue weighted by Crippen LogP contribution is -2.30. The number of phenolic OH excluding ortho intramolecular Hbond substituents is 1. The summed E-state index contributed by atoms with van der Waals surface area (Å²) in [6.45, 7) is 7.44. The maximum Gasteiger partial charge on any atom is 0.273 e. The van der Waals surface area contributed by atoms with E-state index in [0.29, 0.717) is 52.5 Å². The molecule has 0 aliphatic carbocycles. The molecule has 0 bridgehead atoms. The normalized spacial score (nSPS) is 15.2. The Bertz CT molecular complexity index is 1190. The largest absolute Gasteiger partial charge is 0.507 e. The number of H-pyrrole nitrogens is 1. The molecular formula is C26H30ClN3O4. The number of nitrogens with one attached hydrogen (secondary N) is 1. The van der Waals surface area contributed by atoms with Gasteiger partial charge in [-0.1, -0.05) is 44.9 Å². The van der Waals surface area contributed by atoms with Gasteiger partial charge in [-0.25, -0.2) is 0 Å². The predicted molar refractivity (Wildman–Crippen MR) is 132 cm³/mol. The summed E-state index contributed by atoms with van der Waals surface area (Å²) in [5, 5.41) is 18.3. The molecule has 0 spiro atoms. The smallest absolute Gasteiger partial charge is 0.273 e. The monoisotopic (exact) mass is 483 g/mol. The van der Waals surface area contributed by atoms with Gasteiger partial charge in [0.1, 0.15) is 17.1 Å². The number of amides is 1. The summed E-state index contributed by atoms with van der Waals surface area (Å²) in [4.78, 5) is 15.2. The van der Waals surface area contributed by atoms with Gasteiger partial charge in [-0.2, -0.15) is 5.10 Å². The molecule has 2 aromatic carbocycles. The molecule has 7 nitrogen and oxygen atoms in total. The van der Waals surface area contributed by atoms with E-state index >= 15 is 0 Å². The summed E-state index contributed by atoms with van der Waals surface area (Å²) in [6, 6.07) is 10.2. The molecule has 180 valence electrons. The van der Waals surface area contributed by atoms with Crippen molar-refractivity contribution in [2.45, 2.75) is 39.7 Å². The number of phenols is 1. The van der Waals surface area contributed by atoms with Gasteiger partial charge in [-0.15, -0.1) is 0 Å². The van der Waals surface area contributed by atoms with Gasteiger partial charge in [0, 0.05) is 22.7 Å². The van der Waals surface area contributed by atoms with Gasteiger partial charge >= 0.3 is 0 Å². The van der Waals surface area contributed by atoms with Gasteiger partial charge in [0.05, 0.1) is 19.8 Å². The van der Waals surface area contributed by atoms with Crippen molar-refractivity contribution in [2.24, 2.45) is 5.92 Å². The summed E-state index contributed by atoms with van der Waals surface area (Å²) >= 11 is 6.22. The first-order chi connectivity index (χ1) is 16.3. The van der Waals surface area contributed by atoms with Crippen LogP contribution in [0.3, 0.4) is 0 Å². The van der Waals surface area contributed by atoms with E-state index in [0.717, 1.165) is 24.0 Å². The first-order valence-corrected chi connectivity index (χ1v) is 11.9. The molecule has 0 saturated heterocycles. The van der Waals surface area contributed by atoms with Crippen LogP contribution in [0.15, 0.2) is 36.4 Å². The highest BCUT2D eigenvalue weighted by molar-refractivity contribution is 6.31. The van der Waals surface area contributed by atoms with Crippen LogP contribution in [0.4, 0.5) is 0 Å². The Morgan fingerprint density at radius 2 is 2.00 bits per heavy atom. The lowest BCUT2D eigenvalue weighted by Gasteiger charge is -2.27. The van der Waals surface area contributed by atoms with E-state index in [1.165, 1.54) is 6.07 Å². The Morgan fingerprint density at radius 1 is 1.21 bits per heavy atom. The molecule has 3 aromatic rings. The number of methoxy groups -OCH3 is 1. The number of carbonyl (C=O) groups is 1. The molecular weight excluding hydrogens is 454 g/mol. The topological polar surface area (TPSA) is 87.7 Å². The Kier molecular flexibility index (Phi) is 7.03. The molecule has 34 heavy (non-hydrogen) atoms. The third kappa shape index (κ3) is 4.44. The molecule has 1 aromatic heterocycles. The zero-order chi connectivity index (χ0) is 24.4. The molecule has 1 atom stereocenters. The number of halogens is 1. The van der Waals surface area contributed by atoms with Crippen LogP contribution in [0.1, 0.15) is 61.3 Å². The number of carbonyl (C=O) groups excluding carboxylic acids is 1. The van der Waals surface area contributed by atoms with Crippen LogP contribution < -0.4 is 9.47 Å². The number of nitrogens with zero attached hydrogens (tertiary/aromatic N) is 2. The zero-order valence-corrected chi connectivity index (χ0v) is 20.6. The first-order valence-electron chi connectivity index (χ1n) is 11.5. The van der Waals surface area contributed by atoms with Crippen LogP contribution in [-0.2, 0) is 0 Å². The fourth-order valence-electron chi connectivity index (χ4n) is 4.24. The quantitative estimate of drug-likeness (QED) is 0.400. The first kappa shape index (κ1) is 24.0. The van der Waals surface area contributed by atoms with Crippen LogP contribution in [-0.4, -0.2) is 46.4 Å². The third-order valence-electron chi connectivity index (χ3n) is 5.91. The zero-order valence-electron chi connectivity index (χ0n) is 19.9. The summed E-state index contributed by atoms with van der Waals surface area (Å²) in [6.07, 6.45) is 1.82. The lowest BCUT2D eigenvalue weighted by molar-refractivity contribution is 0.0741. The standard InChI is InChI=1S/C26H30ClN3O4/c1-5-6-11-30-25(16-7-10-20(21(12-16)33-4)34-14-15(2)3)22-23(28-29-24(22)26(30)32)18-13-17(27)8-9-19(18)31/h7-10,12-13,15,25,31H,5-6,11,14H2,1-4H3,(H,28,29). The van der Waals surface area contributed by atoms with Crippen molar-refractivity contribution in [3.05, 3.63) is 58.2 Å². The minimum atomic E-state index is -0.394. The van der Waals surface area contributed by atoms with Crippen molar-refractivity contribution < 1.29 is 19.4 Å². The van der Waals surface area contributed by atoms with E-state index in [-0.39, 0.29) is 11.7 Å². The van der Waals surface area contributed by atoms with Gasteiger partial charge in [0.2, 0.25) is 0 Å². The minimum Gasteiger partial charge on any atom is -0.507 e. The van der Waals surface area contributed by atoms with Crippen LogP contribution >= 0.6 is 11.6 Å². The average molecular weight is 484 g/mol. The molecule has 1 aliphatic rings. The molecule has 1 amide bonds. The summed E-state index contributed by atoms with van der Waals surface area (Å²) < 4.78 is 11.6. The molecule has 0 fully saturated rings. The van der Waals surface area contributed by atoms with Crippen molar-refractivity contribution in [3.8, 4) is 28.5 Å². The van der Waals surface area contributed by atoms with Crippen LogP contribution in [0.5, 0.6) is 17.2 Å². The van der Waals surface area contributed by atoms with E-state index < -0.39 is 6.04 Å². The average Bonchev–Trinajstić information content (AvgIpc) is 3.36. The van der Waals surface area contributed by atoms with E-state index in [4.69, 9.17) is 21.1 Å². The highest BCUT2D eigenvalue weighted by Crippen LogP contribution is 2.46. The molecule has 2 N–H and O–H groups in total. The number of aromatic nitrogens is 2. The molecule has 1 aliphatic heterocycles. The Morgan fingerprint density at radius 3 is 2.71 bits per heavy atom. The van der Waals surface area contributed by atoms with Crippen LogP contribution in [0.2, 0.25) is 5.02 Å². The molecule has 4 rings (SSSR count). The minimum absolute atomic E-state index is 0.0481. The number of hydrogen-bond donors (Lipinski definition) is 2. The molecule has 0 radical (unpaired) electrons. The molecule has 1 unspecified atom stereocenters. The molecule has 2 heterocycles. The Labute approximate surface area is 204 Å². The fraction of sp³-hybridized carbons (Fsp3) is 0.385. The number of ether oxygens (including phenoxy) is 2. The summed E-state index contributed by atoms with van der Waals surface area (Å²) in [7, 11) is 1.61. The number of rotatable bonds is 9. The lowest BCUT2D eigenvalue weighted by atomic mass is 9.95. The summed E-state index contributed by atoms with van der Waals surface area (Å²) in [5.41, 5.74) is 3.00. The predicted octanol–water partition coefficient (Wildman–Crippen LogP) is 5.82. The fourth-order valence-corrected chi connectivity index (χ4v) is 4.41. The van der Waals surface area contributed by atoms with Crippen molar-refractivity contribution in [1.29, 1.82) is 0 Å². The number of aromatic hydroxyl groups is 1. The SMILES string of the molecule is CCCCN1C(=O)c2[nH]nc(-c3cc(Cl)ccc3O)c2C1c1ccc(OCC(C)C)c(OC)c1. The van der Waals surface area contributed by atoms with Crippen molar-refractivity contribution in [2.75, 3.05) is 20.3 Å². The van der Waals surface area contributed by atoms with Crippen molar-refractivity contribution in [3.63, 3.8) is 0 Å². The Hall–Kier alpha value is -3.19. The van der Waals surface area contributed by atoms with Gasteiger partial charge in [0.25, 0.3) is 5.91 Å². The van der Waals surface area contributed by atoms with E-state index in [1.54, 1.807) is 19.2 Å². The number of hydrogen-bond acceptors (Lipinski definition) is 5. The van der Waals surface area contributed by atoms with Gasteiger partial charge in [0.15, 0.2) is 11.5 Å². The number of benzene rings is 2. The second-order valence-corrected chi connectivity index (χ2v) is 9.33. The Balaban J connectivity index is 1.83. The number of aromatic amines is 1. The maximum atomic E-state index is 13.4. The second-order valence-electron chi connectivity index (χ2n) is 8.89.